The molecule has 0 bridgehead atoms. The molecule has 0 aromatic heterocycles. The quantitative estimate of drug-likeness (QED) is 0.0876. The van der Waals surface area contributed by atoms with E-state index in [0.29, 0.717) is 77.2 Å². The van der Waals surface area contributed by atoms with E-state index in [1.54, 1.807) is 75.9 Å². The average molecular weight is 723 g/mol. The van der Waals surface area contributed by atoms with Crippen molar-refractivity contribution in [2.24, 2.45) is 11.8 Å². The van der Waals surface area contributed by atoms with Crippen molar-refractivity contribution in [1.29, 1.82) is 0 Å². The lowest BCUT2D eigenvalue weighted by Crippen LogP contribution is -2.46. The van der Waals surface area contributed by atoms with Crippen LogP contribution in [-0.4, -0.2) is 66.2 Å². The molecule has 278 valence electrons. The van der Waals surface area contributed by atoms with E-state index in [1.807, 2.05) is 25.1 Å². The highest BCUT2D eigenvalue weighted by Crippen LogP contribution is 2.53. The Morgan fingerprint density at radius 2 is 1.55 bits per heavy atom. The van der Waals surface area contributed by atoms with Crippen molar-refractivity contribution in [3.05, 3.63) is 101 Å². The molecule has 10 heteroatoms. The molecule has 0 saturated heterocycles. The van der Waals surface area contributed by atoms with Gasteiger partial charge in [-0.1, -0.05) is 19.1 Å². The third-order valence-corrected chi connectivity index (χ3v) is 10.8. The van der Waals surface area contributed by atoms with Crippen LogP contribution < -0.4 is 18.9 Å². The fourth-order valence-corrected chi connectivity index (χ4v) is 8.13. The molecule has 5 atom stereocenters. The molecular formula is C43H46O10. The summed E-state index contributed by atoms with van der Waals surface area (Å²) in [5.41, 5.74) is 5.08. The van der Waals surface area contributed by atoms with Gasteiger partial charge in [-0.3, -0.25) is 0 Å². The second kappa shape index (κ2) is 15.1. The van der Waals surface area contributed by atoms with Crippen molar-refractivity contribution in [2.45, 2.75) is 50.9 Å². The van der Waals surface area contributed by atoms with E-state index in [2.05, 4.69) is 0 Å². The number of aromatic hydroxyl groups is 3. The molecule has 10 nitrogen and oxygen atoms in total. The number of aliphatic hydroxyl groups excluding tert-OH is 2. The maximum Gasteiger partial charge on any atom is 0.133 e. The molecule has 0 amide bonds. The van der Waals surface area contributed by atoms with Crippen LogP contribution in [0, 0.1) is 11.8 Å². The summed E-state index contributed by atoms with van der Waals surface area (Å²) >= 11 is 0. The number of hydrogen-bond donors (Lipinski definition) is 5. The molecule has 0 spiro atoms. The van der Waals surface area contributed by atoms with Gasteiger partial charge < -0.3 is 49.2 Å². The topological polar surface area (TPSA) is 147 Å². The average Bonchev–Trinajstić information content (AvgIpc) is 3.15. The molecular weight excluding hydrogens is 676 g/mol. The molecule has 2 aliphatic heterocycles. The van der Waals surface area contributed by atoms with Gasteiger partial charge in [0.2, 0.25) is 0 Å². The van der Waals surface area contributed by atoms with E-state index >= 15 is 0 Å². The van der Waals surface area contributed by atoms with Crippen molar-refractivity contribution >= 4 is 10.8 Å². The van der Waals surface area contributed by atoms with Gasteiger partial charge >= 0.3 is 0 Å². The van der Waals surface area contributed by atoms with Gasteiger partial charge in [0, 0.05) is 59.4 Å². The first-order chi connectivity index (χ1) is 25.6. The van der Waals surface area contributed by atoms with E-state index < -0.39 is 30.1 Å². The molecule has 5 aromatic rings. The van der Waals surface area contributed by atoms with Crippen LogP contribution in [0.3, 0.4) is 0 Å². The minimum absolute atomic E-state index is 0.0860. The second-order valence-corrected chi connectivity index (χ2v) is 13.9. The van der Waals surface area contributed by atoms with E-state index in [0.717, 1.165) is 27.8 Å². The second-order valence-electron chi connectivity index (χ2n) is 13.9. The number of phenols is 3. The monoisotopic (exact) mass is 722 g/mol. The minimum atomic E-state index is -1.05. The molecule has 5 aromatic carbocycles. The molecule has 0 radical (unpaired) electrons. The summed E-state index contributed by atoms with van der Waals surface area (Å²) < 4.78 is 30.1. The van der Waals surface area contributed by atoms with Gasteiger partial charge in [0.25, 0.3) is 0 Å². The highest BCUT2D eigenvalue weighted by Gasteiger charge is 2.48. The Morgan fingerprint density at radius 3 is 2.28 bits per heavy atom. The largest absolute Gasteiger partial charge is 0.508 e. The number of hydrogen-bond acceptors (Lipinski definition) is 10. The number of fused-ring (bicyclic) bond motifs is 4. The lowest BCUT2D eigenvalue weighted by molar-refractivity contribution is -0.0883. The maximum absolute atomic E-state index is 12.3. The summed E-state index contributed by atoms with van der Waals surface area (Å²) in [6.07, 6.45) is -0.417. The van der Waals surface area contributed by atoms with Crippen LogP contribution >= 0.6 is 0 Å². The van der Waals surface area contributed by atoms with E-state index in [9.17, 15) is 25.5 Å². The van der Waals surface area contributed by atoms with Gasteiger partial charge in [-0.05, 0) is 102 Å². The molecule has 53 heavy (non-hydrogen) atoms. The maximum atomic E-state index is 12.3. The van der Waals surface area contributed by atoms with E-state index in [4.69, 9.17) is 23.7 Å². The zero-order chi connectivity index (χ0) is 37.4. The molecule has 0 aliphatic carbocycles. The summed E-state index contributed by atoms with van der Waals surface area (Å²) in [7, 11) is 4.75. The fourth-order valence-electron chi connectivity index (χ4n) is 8.13. The third kappa shape index (κ3) is 6.78. The summed E-state index contributed by atoms with van der Waals surface area (Å²) in [5.74, 6) is 1.29. The Bertz CT molecular complexity index is 2130. The molecule has 7 rings (SSSR count). The van der Waals surface area contributed by atoms with Crippen LogP contribution in [0.4, 0.5) is 0 Å². The van der Waals surface area contributed by atoms with Gasteiger partial charge in [-0.15, -0.1) is 0 Å². The molecule has 2 heterocycles. The van der Waals surface area contributed by atoms with Crippen molar-refractivity contribution in [3.8, 4) is 51.4 Å². The van der Waals surface area contributed by atoms with Crippen LogP contribution in [0.2, 0.25) is 0 Å². The van der Waals surface area contributed by atoms with Gasteiger partial charge in [0.1, 0.15) is 46.4 Å². The summed E-state index contributed by atoms with van der Waals surface area (Å²) in [6.45, 7) is 2.58. The number of aliphatic hydroxyl groups is 2. The first-order valence-electron chi connectivity index (χ1n) is 18.0. The smallest absolute Gasteiger partial charge is 0.133 e. The Labute approximate surface area is 308 Å². The highest BCUT2D eigenvalue weighted by atomic mass is 16.5. The zero-order valence-corrected chi connectivity index (χ0v) is 30.3. The Hall–Kier alpha value is -5.16. The lowest BCUT2D eigenvalue weighted by Gasteiger charge is -2.45. The third-order valence-electron chi connectivity index (χ3n) is 10.8. The van der Waals surface area contributed by atoms with Crippen molar-refractivity contribution in [3.63, 3.8) is 0 Å². The van der Waals surface area contributed by atoms with Gasteiger partial charge in [0.15, 0.2) is 0 Å². The van der Waals surface area contributed by atoms with Crippen LogP contribution in [0.15, 0.2) is 72.8 Å². The van der Waals surface area contributed by atoms with Crippen molar-refractivity contribution in [1.82, 2.24) is 0 Å². The van der Waals surface area contributed by atoms with Crippen LogP contribution in [0.1, 0.15) is 59.8 Å². The van der Waals surface area contributed by atoms with Crippen LogP contribution in [0.25, 0.3) is 21.9 Å². The number of methoxy groups -OCH3 is 3. The molecule has 0 saturated carbocycles. The Balaban J connectivity index is 1.29. The number of aryl methyl sites for hydroxylation is 1. The summed E-state index contributed by atoms with van der Waals surface area (Å²) in [5, 5.41) is 57.3. The predicted octanol–water partition coefficient (Wildman–Crippen LogP) is 7.37. The molecule has 5 N–H and O–H groups in total. The molecule has 0 fully saturated rings. The number of phenolic OH excluding ortho intramolecular Hbond substituents is 3. The van der Waals surface area contributed by atoms with E-state index in [1.165, 1.54) is 0 Å². The number of ether oxygens (including phenoxy) is 5. The highest BCUT2D eigenvalue weighted by molar-refractivity contribution is 5.96. The standard InChI is InChI=1S/C43H46O10/c1-5-23-17-31(24-8-6-9-27(44)15-24)25(18-36(23)46)14-26-16-29(50-3)20-33-40(47)35(22-52-42(26)33)39-37(10-7-13-49-2)53-43-30-12-11-28(45)19-32(30)38(51-4)21-34(43)41(39)48/h6,8-9,11-12,15-21,35,37,39-41,44-48H,5,7,10,13-14,22H2,1-4H3/t35-,37-,39+,40-,41+/m1/s1. The molecule has 2 aliphatic rings. The first-order valence-corrected chi connectivity index (χ1v) is 18.0. The minimum Gasteiger partial charge on any atom is -0.508 e. The van der Waals surface area contributed by atoms with Gasteiger partial charge in [0.05, 0.1) is 33.0 Å². The van der Waals surface area contributed by atoms with Crippen LogP contribution in [-0.2, 0) is 17.6 Å². The Kier molecular flexibility index (Phi) is 10.3. The van der Waals surface area contributed by atoms with Gasteiger partial charge in [-0.2, -0.15) is 0 Å². The van der Waals surface area contributed by atoms with E-state index in [-0.39, 0.29) is 23.9 Å². The predicted molar refractivity (Wildman–Crippen MR) is 200 cm³/mol. The Morgan fingerprint density at radius 1 is 0.755 bits per heavy atom. The van der Waals surface area contributed by atoms with Crippen molar-refractivity contribution < 1.29 is 49.2 Å². The first kappa shape index (κ1) is 36.2. The lowest BCUT2D eigenvalue weighted by atomic mass is 9.72. The number of rotatable bonds is 11. The summed E-state index contributed by atoms with van der Waals surface area (Å²) in [6, 6.07) is 21.1. The van der Waals surface area contributed by atoms with Crippen molar-refractivity contribution in [2.75, 3.05) is 34.5 Å². The molecule has 0 unspecified atom stereocenters. The zero-order valence-electron chi connectivity index (χ0n) is 30.3. The number of benzene rings is 5. The van der Waals surface area contributed by atoms with Gasteiger partial charge in [-0.25, -0.2) is 0 Å². The summed E-state index contributed by atoms with van der Waals surface area (Å²) in [4.78, 5) is 0. The van der Waals surface area contributed by atoms with Crippen LogP contribution in [0.5, 0.6) is 40.2 Å². The SMILES string of the molecule is CCc1cc(-c2cccc(O)c2)c(Cc2cc(OC)cc3c2OC[C@H]([C@H]2[C@@H](CCCOC)Oc4c(cc(OC)c5cc(O)ccc45)[C@@H]2O)[C@@H]3O)cc1O. The normalized spacial score (nSPS) is 20.6. The fraction of sp³-hybridized carbons (Fsp3) is 0.349.